The van der Waals surface area contributed by atoms with E-state index in [1.54, 1.807) is 0 Å². The average molecular weight is 249 g/mol. The second-order valence-corrected chi connectivity index (χ2v) is 6.52. The van der Waals surface area contributed by atoms with E-state index in [9.17, 15) is 13.2 Å². The van der Waals surface area contributed by atoms with Crippen LogP contribution < -0.4 is 5.32 Å². The lowest BCUT2D eigenvalue weighted by atomic mass is 10.2. The summed E-state index contributed by atoms with van der Waals surface area (Å²) >= 11 is 0. The highest BCUT2D eigenvalue weighted by Gasteiger charge is 2.31. The van der Waals surface area contributed by atoms with Crippen LogP contribution in [0.2, 0.25) is 0 Å². The smallest absolute Gasteiger partial charge is 0.220 e. The van der Waals surface area contributed by atoms with Crippen LogP contribution in [0.3, 0.4) is 0 Å². The van der Waals surface area contributed by atoms with Crippen molar-refractivity contribution < 1.29 is 18.3 Å². The molecule has 2 N–H and O–H groups in total. The number of hydrogen-bond donors (Lipinski definition) is 2. The molecule has 1 atom stereocenters. The zero-order valence-corrected chi connectivity index (χ0v) is 10.1. The molecule has 16 heavy (non-hydrogen) atoms. The lowest BCUT2D eigenvalue weighted by Gasteiger charge is -2.10. The Bertz CT molecular complexity index is 326. The molecule has 1 amide bonds. The molecule has 1 saturated heterocycles. The second kappa shape index (κ2) is 6.20. The number of rotatable bonds is 6. The Balaban J connectivity index is 2.21. The van der Waals surface area contributed by atoms with Crippen LogP contribution in [0, 0.1) is 0 Å². The van der Waals surface area contributed by atoms with E-state index in [0.29, 0.717) is 32.1 Å². The maximum Gasteiger partial charge on any atom is 0.220 e. The fourth-order valence-electron chi connectivity index (χ4n) is 1.80. The quantitative estimate of drug-likeness (QED) is 0.641. The van der Waals surface area contributed by atoms with Crippen molar-refractivity contribution >= 4 is 15.7 Å². The van der Waals surface area contributed by atoms with Gasteiger partial charge in [0.05, 0.1) is 11.0 Å². The van der Waals surface area contributed by atoms with Gasteiger partial charge in [-0.15, -0.1) is 0 Å². The highest BCUT2D eigenvalue weighted by molar-refractivity contribution is 7.92. The first-order valence-electron chi connectivity index (χ1n) is 5.65. The molecule has 0 aliphatic carbocycles. The molecule has 94 valence electrons. The zero-order chi connectivity index (χ0) is 12.0. The van der Waals surface area contributed by atoms with Crippen molar-refractivity contribution in [3.8, 4) is 0 Å². The van der Waals surface area contributed by atoms with Crippen LogP contribution >= 0.6 is 0 Å². The van der Waals surface area contributed by atoms with Gasteiger partial charge in [0.25, 0.3) is 0 Å². The van der Waals surface area contributed by atoms with Crippen molar-refractivity contribution in [2.75, 3.05) is 18.9 Å². The fraction of sp³-hybridized carbons (Fsp3) is 0.900. The van der Waals surface area contributed by atoms with Crippen molar-refractivity contribution in [1.29, 1.82) is 0 Å². The summed E-state index contributed by atoms with van der Waals surface area (Å²) in [7, 11) is -2.96. The molecule has 0 radical (unpaired) electrons. The van der Waals surface area contributed by atoms with Crippen LogP contribution in [0.4, 0.5) is 0 Å². The van der Waals surface area contributed by atoms with Gasteiger partial charge < -0.3 is 10.4 Å². The van der Waals surface area contributed by atoms with Crippen molar-refractivity contribution in [1.82, 2.24) is 5.32 Å². The molecular weight excluding hydrogens is 230 g/mol. The summed E-state index contributed by atoms with van der Waals surface area (Å²) < 4.78 is 22.9. The van der Waals surface area contributed by atoms with E-state index in [-0.39, 0.29) is 24.8 Å². The Labute approximate surface area is 96.1 Å². The van der Waals surface area contributed by atoms with E-state index in [4.69, 9.17) is 5.11 Å². The molecule has 0 bridgehead atoms. The predicted octanol–water partition coefficient (Wildman–Crippen LogP) is -0.158. The first-order valence-corrected chi connectivity index (χ1v) is 7.37. The van der Waals surface area contributed by atoms with Crippen LogP contribution in [-0.4, -0.2) is 43.6 Å². The van der Waals surface area contributed by atoms with Gasteiger partial charge in [0.2, 0.25) is 5.91 Å². The van der Waals surface area contributed by atoms with Crippen LogP contribution in [0.15, 0.2) is 0 Å². The topological polar surface area (TPSA) is 83.5 Å². The van der Waals surface area contributed by atoms with E-state index in [1.807, 2.05) is 0 Å². The number of nitrogens with one attached hydrogen (secondary N) is 1. The molecule has 1 aliphatic heterocycles. The van der Waals surface area contributed by atoms with Crippen molar-refractivity contribution in [2.45, 2.75) is 37.4 Å². The van der Waals surface area contributed by atoms with E-state index in [0.717, 1.165) is 0 Å². The van der Waals surface area contributed by atoms with Gasteiger partial charge in [-0.3, -0.25) is 4.79 Å². The number of aliphatic hydroxyl groups excluding tert-OH is 1. The Morgan fingerprint density at radius 3 is 2.69 bits per heavy atom. The third kappa shape index (κ3) is 4.09. The standard InChI is InChI=1S/C10H19NO4S/c12-6-2-1-5-10(13)11-8-9-4-3-7-16(9,14)15/h9,12H,1-8H2,(H,11,13). The monoisotopic (exact) mass is 249 g/mol. The number of amides is 1. The summed E-state index contributed by atoms with van der Waals surface area (Å²) in [6.07, 6.45) is 2.95. The van der Waals surface area contributed by atoms with Crippen molar-refractivity contribution in [3.05, 3.63) is 0 Å². The molecule has 1 rings (SSSR count). The van der Waals surface area contributed by atoms with Gasteiger partial charge >= 0.3 is 0 Å². The third-order valence-corrected chi connectivity index (χ3v) is 5.08. The molecule has 0 spiro atoms. The molecule has 1 heterocycles. The van der Waals surface area contributed by atoms with Gasteiger partial charge in [0.1, 0.15) is 0 Å². The van der Waals surface area contributed by atoms with Gasteiger partial charge in [-0.2, -0.15) is 0 Å². The number of carbonyl (C=O) groups excluding carboxylic acids is 1. The molecule has 1 aliphatic rings. The van der Waals surface area contributed by atoms with Gasteiger partial charge in [-0.05, 0) is 25.7 Å². The second-order valence-electron chi connectivity index (χ2n) is 4.12. The van der Waals surface area contributed by atoms with Crippen LogP contribution in [0.25, 0.3) is 0 Å². The SMILES string of the molecule is O=C(CCCCO)NCC1CCCS1(=O)=O. The van der Waals surface area contributed by atoms with E-state index >= 15 is 0 Å². The van der Waals surface area contributed by atoms with Gasteiger partial charge in [0, 0.05) is 19.6 Å². The fourth-order valence-corrected chi connectivity index (χ4v) is 3.57. The predicted molar refractivity (Wildman–Crippen MR) is 60.8 cm³/mol. The molecule has 0 aromatic carbocycles. The number of carbonyl (C=O) groups is 1. The molecular formula is C10H19NO4S. The summed E-state index contributed by atoms with van der Waals surface area (Å²) in [5.41, 5.74) is 0. The lowest BCUT2D eigenvalue weighted by Crippen LogP contribution is -2.34. The maximum absolute atomic E-state index is 11.5. The van der Waals surface area contributed by atoms with Gasteiger partial charge in [-0.25, -0.2) is 8.42 Å². The molecule has 0 aromatic heterocycles. The minimum atomic E-state index is -2.96. The van der Waals surface area contributed by atoms with Gasteiger partial charge in [0.15, 0.2) is 9.84 Å². The first kappa shape index (κ1) is 13.4. The number of aliphatic hydroxyl groups is 1. The first-order chi connectivity index (χ1) is 7.56. The zero-order valence-electron chi connectivity index (χ0n) is 9.31. The summed E-state index contributed by atoms with van der Waals surface area (Å²) in [4.78, 5) is 11.3. The van der Waals surface area contributed by atoms with E-state index < -0.39 is 15.1 Å². The highest BCUT2D eigenvalue weighted by Crippen LogP contribution is 2.18. The summed E-state index contributed by atoms with van der Waals surface area (Å²) in [6.45, 7) is 0.324. The van der Waals surface area contributed by atoms with Crippen molar-refractivity contribution in [2.24, 2.45) is 0 Å². The minimum absolute atomic E-state index is 0.0876. The van der Waals surface area contributed by atoms with Crippen LogP contribution in [0.1, 0.15) is 32.1 Å². The maximum atomic E-state index is 11.5. The normalized spacial score (nSPS) is 23.2. The van der Waals surface area contributed by atoms with Gasteiger partial charge in [-0.1, -0.05) is 0 Å². The Morgan fingerprint density at radius 2 is 2.12 bits per heavy atom. The molecule has 0 saturated carbocycles. The molecule has 5 nitrogen and oxygen atoms in total. The average Bonchev–Trinajstić information content (AvgIpc) is 2.55. The van der Waals surface area contributed by atoms with Crippen LogP contribution in [0.5, 0.6) is 0 Å². The number of sulfone groups is 1. The van der Waals surface area contributed by atoms with E-state index in [2.05, 4.69) is 5.32 Å². The summed E-state index contributed by atoms with van der Waals surface area (Å²) in [6, 6.07) is 0. The third-order valence-electron chi connectivity index (χ3n) is 2.80. The number of hydrogen-bond acceptors (Lipinski definition) is 4. The van der Waals surface area contributed by atoms with Crippen LogP contribution in [-0.2, 0) is 14.6 Å². The molecule has 1 unspecified atom stereocenters. The molecule has 0 aromatic rings. The summed E-state index contributed by atoms with van der Waals surface area (Å²) in [5.74, 6) is 0.119. The molecule has 1 fully saturated rings. The Morgan fingerprint density at radius 1 is 1.38 bits per heavy atom. The Hall–Kier alpha value is -0.620. The lowest BCUT2D eigenvalue weighted by molar-refractivity contribution is -0.121. The largest absolute Gasteiger partial charge is 0.396 e. The Kier molecular flexibility index (Phi) is 5.21. The van der Waals surface area contributed by atoms with Crippen molar-refractivity contribution in [3.63, 3.8) is 0 Å². The molecule has 6 heteroatoms. The minimum Gasteiger partial charge on any atom is -0.396 e. The van der Waals surface area contributed by atoms with E-state index in [1.165, 1.54) is 0 Å². The number of unbranched alkanes of at least 4 members (excludes halogenated alkanes) is 1. The highest BCUT2D eigenvalue weighted by atomic mass is 32.2. The summed E-state index contributed by atoms with van der Waals surface area (Å²) in [5, 5.41) is 10.8.